The zero-order valence-electron chi connectivity index (χ0n) is 12.4. The Bertz CT molecular complexity index is 425. The lowest BCUT2D eigenvalue weighted by Crippen LogP contribution is -2.35. The molecule has 0 amide bonds. The van der Waals surface area contributed by atoms with Crippen LogP contribution < -0.4 is 9.47 Å². The molecule has 1 aromatic carbocycles. The Kier molecular flexibility index (Phi) is 5.65. The van der Waals surface area contributed by atoms with Crippen molar-refractivity contribution < 1.29 is 13.9 Å². The fraction of sp³-hybridized carbons (Fsp3) is 0.625. The minimum absolute atomic E-state index is 0.225. The maximum Gasteiger partial charge on any atom is 0.160 e. The number of rotatable bonds is 6. The van der Waals surface area contributed by atoms with Gasteiger partial charge in [-0.2, -0.15) is 0 Å². The zero-order valence-corrected chi connectivity index (χ0v) is 12.4. The van der Waals surface area contributed by atoms with Gasteiger partial charge in [0.15, 0.2) is 11.5 Å². The number of nitrogens with zero attached hydrogens (tertiary/aromatic N) is 1. The largest absolute Gasteiger partial charge is 0.493 e. The summed E-state index contributed by atoms with van der Waals surface area (Å²) in [6.07, 6.45) is 2.99. The third-order valence-electron chi connectivity index (χ3n) is 3.99. The summed E-state index contributed by atoms with van der Waals surface area (Å²) >= 11 is 0. The van der Waals surface area contributed by atoms with Crippen LogP contribution in [-0.2, 0) is 0 Å². The number of ether oxygens (including phenoxy) is 2. The molecule has 1 atom stereocenters. The molecule has 20 heavy (non-hydrogen) atoms. The van der Waals surface area contributed by atoms with E-state index in [1.807, 2.05) is 6.07 Å². The number of methoxy groups -OCH3 is 2. The summed E-state index contributed by atoms with van der Waals surface area (Å²) in [7, 11) is 3.31. The van der Waals surface area contributed by atoms with Crippen LogP contribution in [0.3, 0.4) is 0 Å². The SMILES string of the molecule is COc1ccc(C2CCCN(CCCF)C2)cc1OC. The van der Waals surface area contributed by atoms with E-state index in [-0.39, 0.29) is 6.67 Å². The third kappa shape index (κ3) is 3.63. The molecule has 0 spiro atoms. The Hall–Kier alpha value is -1.29. The van der Waals surface area contributed by atoms with Crippen molar-refractivity contribution in [1.29, 1.82) is 0 Å². The fourth-order valence-electron chi connectivity index (χ4n) is 2.92. The lowest BCUT2D eigenvalue weighted by atomic mass is 9.90. The molecule has 1 heterocycles. The monoisotopic (exact) mass is 281 g/mol. The second-order valence-electron chi connectivity index (χ2n) is 5.30. The van der Waals surface area contributed by atoms with Gasteiger partial charge in [-0.25, -0.2) is 0 Å². The number of hydrogen-bond acceptors (Lipinski definition) is 3. The average molecular weight is 281 g/mol. The highest BCUT2D eigenvalue weighted by Crippen LogP contribution is 2.34. The number of benzene rings is 1. The van der Waals surface area contributed by atoms with Gasteiger partial charge in [0.2, 0.25) is 0 Å². The van der Waals surface area contributed by atoms with E-state index in [0.717, 1.165) is 31.1 Å². The van der Waals surface area contributed by atoms with Crippen molar-refractivity contribution in [3.05, 3.63) is 23.8 Å². The second kappa shape index (κ2) is 7.48. The summed E-state index contributed by atoms with van der Waals surface area (Å²) in [5.41, 5.74) is 1.28. The molecule has 0 aromatic heterocycles. The molecule has 112 valence electrons. The smallest absolute Gasteiger partial charge is 0.160 e. The van der Waals surface area contributed by atoms with Gasteiger partial charge in [-0.1, -0.05) is 6.07 Å². The zero-order chi connectivity index (χ0) is 14.4. The lowest BCUT2D eigenvalue weighted by molar-refractivity contribution is 0.199. The van der Waals surface area contributed by atoms with Gasteiger partial charge in [-0.15, -0.1) is 0 Å². The van der Waals surface area contributed by atoms with Gasteiger partial charge in [0.25, 0.3) is 0 Å². The number of piperidine rings is 1. The lowest BCUT2D eigenvalue weighted by Gasteiger charge is -2.33. The predicted molar refractivity (Wildman–Crippen MR) is 78.6 cm³/mol. The van der Waals surface area contributed by atoms with Gasteiger partial charge < -0.3 is 14.4 Å². The molecule has 1 fully saturated rings. The Morgan fingerprint density at radius 3 is 2.75 bits per heavy atom. The normalized spacial score (nSPS) is 19.9. The number of alkyl halides is 1. The van der Waals surface area contributed by atoms with Crippen molar-refractivity contribution in [3.8, 4) is 11.5 Å². The van der Waals surface area contributed by atoms with E-state index in [2.05, 4.69) is 17.0 Å². The average Bonchev–Trinajstić information content (AvgIpc) is 2.52. The highest BCUT2D eigenvalue weighted by Gasteiger charge is 2.22. The number of hydrogen-bond donors (Lipinski definition) is 0. The molecule has 0 bridgehead atoms. The first-order chi connectivity index (χ1) is 9.78. The first kappa shape index (κ1) is 15.1. The fourth-order valence-corrected chi connectivity index (χ4v) is 2.92. The van der Waals surface area contributed by atoms with E-state index >= 15 is 0 Å². The van der Waals surface area contributed by atoms with Crippen LogP contribution in [-0.4, -0.2) is 45.4 Å². The molecular formula is C16H24FNO2. The molecule has 0 aliphatic carbocycles. The molecule has 3 nitrogen and oxygen atoms in total. The molecule has 0 saturated carbocycles. The highest BCUT2D eigenvalue weighted by molar-refractivity contribution is 5.44. The summed E-state index contributed by atoms with van der Waals surface area (Å²) in [5, 5.41) is 0. The van der Waals surface area contributed by atoms with E-state index < -0.39 is 0 Å². The maximum absolute atomic E-state index is 12.3. The first-order valence-electron chi connectivity index (χ1n) is 7.28. The van der Waals surface area contributed by atoms with Gasteiger partial charge >= 0.3 is 0 Å². The van der Waals surface area contributed by atoms with Crippen LogP contribution in [0, 0.1) is 0 Å². The standard InChI is InChI=1S/C16H24FNO2/c1-19-15-7-6-13(11-16(15)20-2)14-5-3-9-18(12-14)10-4-8-17/h6-7,11,14H,3-5,8-10,12H2,1-2H3. The summed E-state index contributed by atoms with van der Waals surface area (Å²) in [6.45, 7) is 2.73. The number of halogens is 1. The van der Waals surface area contributed by atoms with Gasteiger partial charge in [0.1, 0.15) is 0 Å². The number of likely N-dealkylation sites (tertiary alicyclic amines) is 1. The molecule has 1 aliphatic heterocycles. The van der Waals surface area contributed by atoms with Gasteiger partial charge in [0, 0.05) is 13.1 Å². The van der Waals surface area contributed by atoms with Crippen LogP contribution in [0.5, 0.6) is 11.5 Å². The van der Waals surface area contributed by atoms with Crippen LogP contribution in [0.25, 0.3) is 0 Å². The van der Waals surface area contributed by atoms with Gasteiger partial charge in [-0.3, -0.25) is 4.39 Å². The van der Waals surface area contributed by atoms with Crippen molar-refractivity contribution in [3.63, 3.8) is 0 Å². The van der Waals surface area contributed by atoms with E-state index in [1.54, 1.807) is 14.2 Å². The highest BCUT2D eigenvalue weighted by atomic mass is 19.1. The second-order valence-corrected chi connectivity index (χ2v) is 5.30. The summed E-state index contributed by atoms with van der Waals surface area (Å²) < 4.78 is 22.9. The van der Waals surface area contributed by atoms with E-state index in [9.17, 15) is 4.39 Å². The Balaban J connectivity index is 2.06. The summed E-state index contributed by atoms with van der Waals surface area (Å²) in [5.74, 6) is 2.05. The van der Waals surface area contributed by atoms with Crippen molar-refractivity contribution in [2.45, 2.75) is 25.2 Å². The van der Waals surface area contributed by atoms with Crippen molar-refractivity contribution >= 4 is 0 Å². The Morgan fingerprint density at radius 1 is 1.25 bits per heavy atom. The van der Waals surface area contributed by atoms with Crippen LogP contribution in [0.15, 0.2) is 18.2 Å². The Morgan fingerprint density at radius 2 is 2.05 bits per heavy atom. The van der Waals surface area contributed by atoms with Crippen LogP contribution in [0.1, 0.15) is 30.7 Å². The third-order valence-corrected chi connectivity index (χ3v) is 3.99. The minimum atomic E-state index is -0.225. The van der Waals surface area contributed by atoms with Crippen molar-refractivity contribution in [2.24, 2.45) is 0 Å². The quantitative estimate of drug-likeness (QED) is 0.799. The molecule has 2 rings (SSSR count). The van der Waals surface area contributed by atoms with E-state index in [0.29, 0.717) is 12.3 Å². The summed E-state index contributed by atoms with van der Waals surface area (Å²) in [4.78, 5) is 2.37. The topological polar surface area (TPSA) is 21.7 Å². The van der Waals surface area contributed by atoms with E-state index in [1.165, 1.54) is 18.4 Å². The molecule has 1 saturated heterocycles. The van der Waals surface area contributed by atoms with Crippen molar-refractivity contribution in [1.82, 2.24) is 4.90 Å². The van der Waals surface area contributed by atoms with Crippen LogP contribution in [0.2, 0.25) is 0 Å². The Labute approximate surface area is 120 Å². The summed E-state index contributed by atoms with van der Waals surface area (Å²) in [6, 6.07) is 6.15. The van der Waals surface area contributed by atoms with E-state index in [4.69, 9.17) is 9.47 Å². The molecular weight excluding hydrogens is 257 g/mol. The molecule has 1 aromatic rings. The molecule has 4 heteroatoms. The van der Waals surface area contributed by atoms with Gasteiger partial charge in [0.05, 0.1) is 20.9 Å². The predicted octanol–water partition coefficient (Wildman–Crippen LogP) is 3.24. The molecule has 1 unspecified atom stereocenters. The molecule has 0 N–H and O–H groups in total. The molecule has 1 aliphatic rings. The van der Waals surface area contributed by atoms with Gasteiger partial charge in [-0.05, 0) is 49.4 Å². The van der Waals surface area contributed by atoms with Crippen molar-refractivity contribution in [2.75, 3.05) is 40.5 Å². The maximum atomic E-state index is 12.3. The minimum Gasteiger partial charge on any atom is -0.493 e. The van der Waals surface area contributed by atoms with Crippen LogP contribution in [0.4, 0.5) is 4.39 Å². The first-order valence-corrected chi connectivity index (χ1v) is 7.28. The molecule has 0 radical (unpaired) electrons. The van der Waals surface area contributed by atoms with Crippen LogP contribution >= 0.6 is 0 Å².